The van der Waals surface area contributed by atoms with E-state index in [1.807, 2.05) is 17.0 Å². The Bertz CT molecular complexity index is 733. The minimum absolute atomic E-state index is 0.0124. The molecule has 2 amide bonds. The van der Waals surface area contributed by atoms with Crippen molar-refractivity contribution in [1.29, 1.82) is 0 Å². The minimum Gasteiger partial charge on any atom is -0.317 e. The highest BCUT2D eigenvalue weighted by atomic mass is 16.2. The van der Waals surface area contributed by atoms with Gasteiger partial charge in [0.15, 0.2) is 0 Å². The summed E-state index contributed by atoms with van der Waals surface area (Å²) in [6.07, 6.45) is 4.47. The molecule has 0 aliphatic carbocycles. The molecular weight excluding hydrogens is 308 g/mol. The molecule has 3 rings (SSSR count). The average Bonchev–Trinajstić information content (AvgIpc) is 2.79. The molecule has 1 N–H and O–H groups in total. The number of amides is 2. The van der Waals surface area contributed by atoms with Gasteiger partial charge in [-0.15, -0.1) is 0 Å². The summed E-state index contributed by atoms with van der Waals surface area (Å²) in [6, 6.07) is 14.9. The Morgan fingerprint density at radius 2 is 1.72 bits per heavy atom. The van der Waals surface area contributed by atoms with E-state index in [4.69, 9.17) is 0 Å². The van der Waals surface area contributed by atoms with Crippen LogP contribution in [-0.2, 0) is 0 Å². The van der Waals surface area contributed by atoms with Gasteiger partial charge in [0.25, 0.3) is 0 Å². The topological polar surface area (TPSA) is 32.3 Å². The van der Waals surface area contributed by atoms with Crippen molar-refractivity contribution >= 4 is 11.7 Å². The summed E-state index contributed by atoms with van der Waals surface area (Å²) in [6.45, 7) is 7.05. The van der Waals surface area contributed by atoms with E-state index in [9.17, 15) is 4.79 Å². The van der Waals surface area contributed by atoms with Crippen molar-refractivity contribution in [3.8, 4) is 0 Å². The SMILES string of the molecule is Cc1cc(C)cc(NC(=O)N2CCCCC[C@@H]2c2cccc(C)c2)c1. The van der Waals surface area contributed by atoms with Gasteiger partial charge in [0.2, 0.25) is 0 Å². The summed E-state index contributed by atoms with van der Waals surface area (Å²) in [4.78, 5) is 15.1. The van der Waals surface area contributed by atoms with Crippen LogP contribution in [-0.4, -0.2) is 17.5 Å². The molecule has 1 aliphatic rings. The van der Waals surface area contributed by atoms with Crippen molar-refractivity contribution in [3.05, 3.63) is 64.7 Å². The maximum atomic E-state index is 13.0. The third kappa shape index (κ3) is 4.41. The lowest BCUT2D eigenvalue weighted by Crippen LogP contribution is -2.38. The number of likely N-dealkylation sites (tertiary alicyclic amines) is 1. The average molecular weight is 336 g/mol. The van der Waals surface area contributed by atoms with Gasteiger partial charge >= 0.3 is 6.03 Å². The second-order valence-corrected chi connectivity index (χ2v) is 7.28. The molecule has 25 heavy (non-hydrogen) atoms. The van der Waals surface area contributed by atoms with Crippen LogP contribution in [0.5, 0.6) is 0 Å². The molecule has 132 valence electrons. The minimum atomic E-state index is 0.0124. The van der Waals surface area contributed by atoms with Crippen molar-refractivity contribution in [2.24, 2.45) is 0 Å². The van der Waals surface area contributed by atoms with E-state index in [2.05, 4.69) is 56.4 Å². The summed E-state index contributed by atoms with van der Waals surface area (Å²) in [5, 5.41) is 3.12. The summed E-state index contributed by atoms with van der Waals surface area (Å²) in [5.74, 6) is 0. The highest BCUT2D eigenvalue weighted by molar-refractivity contribution is 5.89. The Morgan fingerprint density at radius 3 is 2.44 bits per heavy atom. The highest BCUT2D eigenvalue weighted by Gasteiger charge is 2.27. The van der Waals surface area contributed by atoms with Crippen molar-refractivity contribution in [3.63, 3.8) is 0 Å². The summed E-state index contributed by atoms with van der Waals surface area (Å²) in [5.41, 5.74) is 5.71. The molecular formula is C22H28N2O. The van der Waals surface area contributed by atoms with Crippen LogP contribution < -0.4 is 5.32 Å². The van der Waals surface area contributed by atoms with Crippen LogP contribution in [0.2, 0.25) is 0 Å². The summed E-state index contributed by atoms with van der Waals surface area (Å²) >= 11 is 0. The maximum Gasteiger partial charge on any atom is 0.322 e. The first-order chi connectivity index (χ1) is 12.0. The number of aryl methyl sites for hydroxylation is 3. The van der Waals surface area contributed by atoms with Crippen molar-refractivity contribution in [2.45, 2.75) is 52.5 Å². The lowest BCUT2D eigenvalue weighted by molar-refractivity contribution is 0.189. The van der Waals surface area contributed by atoms with Crippen LogP contribution in [0.3, 0.4) is 0 Å². The van der Waals surface area contributed by atoms with E-state index < -0.39 is 0 Å². The molecule has 0 aromatic heterocycles. The molecule has 0 bridgehead atoms. The Kier molecular flexibility index (Phi) is 5.42. The first-order valence-corrected chi connectivity index (χ1v) is 9.25. The predicted molar refractivity (Wildman–Crippen MR) is 104 cm³/mol. The molecule has 3 nitrogen and oxygen atoms in total. The van der Waals surface area contributed by atoms with Crippen molar-refractivity contribution < 1.29 is 4.79 Å². The van der Waals surface area contributed by atoms with E-state index in [0.717, 1.165) is 25.1 Å². The molecule has 1 aliphatic heterocycles. The van der Waals surface area contributed by atoms with Crippen LogP contribution in [0.4, 0.5) is 10.5 Å². The normalized spacial score (nSPS) is 17.9. The zero-order valence-corrected chi connectivity index (χ0v) is 15.5. The lowest BCUT2D eigenvalue weighted by Gasteiger charge is -2.31. The number of benzene rings is 2. The Morgan fingerprint density at radius 1 is 0.960 bits per heavy atom. The molecule has 1 saturated heterocycles. The number of carbonyl (C=O) groups is 1. The Labute approximate surface area is 151 Å². The first-order valence-electron chi connectivity index (χ1n) is 9.25. The first kappa shape index (κ1) is 17.5. The standard InChI is InChI=1S/C22H28N2O/c1-16-8-7-9-19(13-16)21-10-5-4-6-11-24(21)22(25)23-20-14-17(2)12-18(3)15-20/h7-9,12-15,21H,4-6,10-11H2,1-3H3,(H,23,25)/t21-/m1/s1. The van der Waals surface area contributed by atoms with Crippen molar-refractivity contribution in [1.82, 2.24) is 4.90 Å². The van der Waals surface area contributed by atoms with Crippen LogP contribution in [0.25, 0.3) is 0 Å². The fourth-order valence-corrected chi connectivity index (χ4v) is 3.82. The third-order valence-corrected chi connectivity index (χ3v) is 4.91. The van der Waals surface area contributed by atoms with Crippen LogP contribution in [0.1, 0.15) is 54.0 Å². The fourth-order valence-electron chi connectivity index (χ4n) is 3.82. The predicted octanol–water partition coefficient (Wildman–Crippen LogP) is 5.76. The highest BCUT2D eigenvalue weighted by Crippen LogP contribution is 2.31. The molecule has 3 heteroatoms. The number of rotatable bonds is 2. The number of hydrogen-bond acceptors (Lipinski definition) is 1. The van der Waals surface area contributed by atoms with E-state index in [1.165, 1.54) is 35.1 Å². The van der Waals surface area contributed by atoms with E-state index in [0.29, 0.717) is 0 Å². The third-order valence-electron chi connectivity index (χ3n) is 4.91. The van der Waals surface area contributed by atoms with Gasteiger partial charge in [0.05, 0.1) is 6.04 Å². The Balaban J connectivity index is 1.84. The molecule has 0 unspecified atom stereocenters. The molecule has 2 aromatic rings. The van der Waals surface area contributed by atoms with E-state index in [1.54, 1.807) is 0 Å². The monoisotopic (exact) mass is 336 g/mol. The van der Waals surface area contributed by atoms with Gasteiger partial charge in [-0.2, -0.15) is 0 Å². The second-order valence-electron chi connectivity index (χ2n) is 7.28. The number of nitrogens with zero attached hydrogens (tertiary/aromatic N) is 1. The number of urea groups is 1. The zero-order valence-electron chi connectivity index (χ0n) is 15.5. The number of hydrogen-bond donors (Lipinski definition) is 1. The largest absolute Gasteiger partial charge is 0.322 e. The summed E-state index contributed by atoms with van der Waals surface area (Å²) in [7, 11) is 0. The van der Waals surface area contributed by atoms with Gasteiger partial charge in [-0.05, 0) is 62.4 Å². The second kappa shape index (κ2) is 7.73. The molecule has 1 fully saturated rings. The van der Waals surface area contributed by atoms with Gasteiger partial charge in [-0.1, -0.05) is 48.7 Å². The molecule has 1 atom stereocenters. The Hall–Kier alpha value is -2.29. The van der Waals surface area contributed by atoms with Crippen LogP contribution >= 0.6 is 0 Å². The number of nitrogens with one attached hydrogen (secondary N) is 1. The van der Waals surface area contributed by atoms with Gasteiger partial charge in [0.1, 0.15) is 0 Å². The van der Waals surface area contributed by atoms with Gasteiger partial charge in [-0.3, -0.25) is 0 Å². The lowest BCUT2D eigenvalue weighted by atomic mass is 9.99. The van der Waals surface area contributed by atoms with Gasteiger partial charge < -0.3 is 10.2 Å². The van der Waals surface area contributed by atoms with Crippen LogP contribution in [0.15, 0.2) is 42.5 Å². The smallest absolute Gasteiger partial charge is 0.317 e. The maximum absolute atomic E-state index is 13.0. The molecule has 0 spiro atoms. The number of carbonyl (C=O) groups excluding carboxylic acids is 1. The number of anilines is 1. The van der Waals surface area contributed by atoms with Crippen LogP contribution in [0, 0.1) is 20.8 Å². The molecule has 0 saturated carbocycles. The zero-order chi connectivity index (χ0) is 17.8. The molecule has 0 radical (unpaired) electrons. The quantitative estimate of drug-likeness (QED) is 0.743. The molecule has 2 aromatic carbocycles. The van der Waals surface area contributed by atoms with Gasteiger partial charge in [-0.25, -0.2) is 4.79 Å². The summed E-state index contributed by atoms with van der Waals surface area (Å²) < 4.78 is 0. The van der Waals surface area contributed by atoms with Crippen molar-refractivity contribution in [2.75, 3.05) is 11.9 Å². The fraction of sp³-hybridized carbons (Fsp3) is 0.409. The van der Waals surface area contributed by atoms with E-state index >= 15 is 0 Å². The van der Waals surface area contributed by atoms with Gasteiger partial charge in [0, 0.05) is 12.2 Å². The van der Waals surface area contributed by atoms with E-state index in [-0.39, 0.29) is 12.1 Å². The molecule has 1 heterocycles.